The molecule has 0 radical (unpaired) electrons. The lowest BCUT2D eigenvalue weighted by molar-refractivity contribution is -0.0465. The van der Waals surface area contributed by atoms with E-state index >= 15 is 0 Å². The second kappa shape index (κ2) is 16.2. The molecule has 0 aliphatic carbocycles. The predicted octanol–water partition coefficient (Wildman–Crippen LogP) is 0.763. The van der Waals surface area contributed by atoms with Crippen molar-refractivity contribution in [2.75, 3.05) is 59.5 Å². The highest BCUT2D eigenvalue weighted by atomic mass is 16.6. The van der Waals surface area contributed by atoms with Gasteiger partial charge in [0, 0.05) is 0 Å². The molecule has 0 aromatic heterocycles. The van der Waals surface area contributed by atoms with Gasteiger partial charge in [-0.2, -0.15) is 0 Å². The third kappa shape index (κ3) is 13.6. The quantitative estimate of drug-likeness (QED) is 0.567. The molecule has 20 heavy (non-hydrogen) atoms. The molecule has 1 rings (SSSR count). The van der Waals surface area contributed by atoms with Gasteiger partial charge in [-0.1, -0.05) is 6.92 Å². The van der Waals surface area contributed by atoms with E-state index in [9.17, 15) is 0 Å². The standard InChI is InChI=1S/C12H24O5.CHNO/c1-2-12-11-16-8-7-14-4-3-13-5-6-15-9-10-17-12;2-1-3/h12H,2-11H2,1H3;2H. The third-order valence-electron chi connectivity index (χ3n) is 2.46. The third-order valence-corrected chi connectivity index (χ3v) is 2.46. The highest BCUT2D eigenvalue weighted by Gasteiger charge is 2.06. The molecule has 7 heteroatoms. The van der Waals surface area contributed by atoms with Crippen LogP contribution in [0.1, 0.15) is 13.3 Å². The molecule has 1 fully saturated rings. The minimum Gasteiger partial charge on any atom is -0.377 e. The van der Waals surface area contributed by atoms with Crippen molar-refractivity contribution in [3.8, 4) is 0 Å². The Balaban J connectivity index is 0.00000110. The Morgan fingerprint density at radius 3 is 1.75 bits per heavy atom. The SMILES string of the molecule is CCC1COCCOCCOCCOCCO1.N=C=O. The van der Waals surface area contributed by atoms with Crippen LogP contribution in [0, 0.1) is 5.41 Å². The molecule has 1 N–H and O–H groups in total. The highest BCUT2D eigenvalue weighted by Crippen LogP contribution is 1.99. The number of nitrogens with one attached hydrogen (secondary N) is 1. The smallest absolute Gasteiger partial charge is 0.231 e. The van der Waals surface area contributed by atoms with Gasteiger partial charge in [0.15, 0.2) is 0 Å². The summed E-state index contributed by atoms with van der Waals surface area (Å²) >= 11 is 0. The predicted molar refractivity (Wildman–Crippen MR) is 71.7 cm³/mol. The number of carbonyl (C=O) groups excluding carboxylic acids is 1. The first-order valence-electron chi connectivity index (χ1n) is 6.81. The summed E-state index contributed by atoms with van der Waals surface area (Å²) in [5, 5.41) is 5.40. The van der Waals surface area contributed by atoms with Crippen LogP contribution in [-0.4, -0.2) is 71.6 Å². The average molecular weight is 291 g/mol. The molecule has 0 aromatic rings. The van der Waals surface area contributed by atoms with Gasteiger partial charge in [0.25, 0.3) is 0 Å². The van der Waals surface area contributed by atoms with E-state index in [0.717, 1.165) is 12.5 Å². The van der Waals surface area contributed by atoms with Gasteiger partial charge < -0.3 is 23.7 Å². The first kappa shape index (κ1) is 19.2. The first-order valence-corrected chi connectivity index (χ1v) is 6.81. The minimum atomic E-state index is 0.153. The molecular formula is C13H25NO6. The fourth-order valence-corrected chi connectivity index (χ4v) is 1.43. The van der Waals surface area contributed by atoms with Crippen molar-refractivity contribution >= 4 is 6.08 Å². The summed E-state index contributed by atoms with van der Waals surface area (Å²) in [6.07, 6.45) is 1.85. The number of hydrogen-bond acceptors (Lipinski definition) is 7. The fraction of sp³-hybridized carbons (Fsp3) is 0.923. The molecule has 0 amide bonds. The molecule has 118 valence electrons. The molecule has 1 aliphatic rings. The molecule has 0 saturated carbocycles. The van der Waals surface area contributed by atoms with Gasteiger partial charge in [0.1, 0.15) is 0 Å². The maximum Gasteiger partial charge on any atom is 0.231 e. The van der Waals surface area contributed by atoms with E-state index in [1.807, 2.05) is 0 Å². The molecule has 1 saturated heterocycles. The number of isocyanates is 1. The van der Waals surface area contributed by atoms with E-state index in [-0.39, 0.29) is 6.10 Å². The summed E-state index contributed by atoms with van der Waals surface area (Å²) in [6, 6.07) is 0. The summed E-state index contributed by atoms with van der Waals surface area (Å²) in [4.78, 5) is 8.35. The Labute approximate surface area is 120 Å². The summed E-state index contributed by atoms with van der Waals surface area (Å²) in [6.45, 7) is 7.58. The summed E-state index contributed by atoms with van der Waals surface area (Å²) in [5.41, 5.74) is 0. The van der Waals surface area contributed by atoms with Crippen LogP contribution >= 0.6 is 0 Å². The van der Waals surface area contributed by atoms with E-state index in [1.165, 1.54) is 0 Å². The Hall–Kier alpha value is -0.820. The largest absolute Gasteiger partial charge is 0.377 e. The second-order valence-corrected chi connectivity index (χ2v) is 3.92. The number of ether oxygens (including phenoxy) is 5. The normalized spacial score (nSPS) is 23.4. The lowest BCUT2D eigenvalue weighted by atomic mass is 10.3. The van der Waals surface area contributed by atoms with E-state index in [2.05, 4.69) is 6.92 Å². The van der Waals surface area contributed by atoms with Gasteiger partial charge in [-0.15, -0.1) is 0 Å². The molecule has 0 bridgehead atoms. The van der Waals surface area contributed by atoms with Crippen LogP contribution in [0.4, 0.5) is 0 Å². The van der Waals surface area contributed by atoms with Crippen LogP contribution in [0.25, 0.3) is 0 Å². The van der Waals surface area contributed by atoms with Crippen LogP contribution in [0.5, 0.6) is 0 Å². The summed E-state index contributed by atoms with van der Waals surface area (Å²) in [5.74, 6) is 0. The van der Waals surface area contributed by atoms with Crippen molar-refractivity contribution in [2.45, 2.75) is 19.4 Å². The zero-order chi connectivity index (χ0) is 14.9. The van der Waals surface area contributed by atoms with Crippen molar-refractivity contribution in [3.63, 3.8) is 0 Å². The van der Waals surface area contributed by atoms with E-state index in [1.54, 1.807) is 0 Å². The summed E-state index contributed by atoms with van der Waals surface area (Å²) in [7, 11) is 0. The van der Waals surface area contributed by atoms with E-state index < -0.39 is 0 Å². The lowest BCUT2D eigenvalue weighted by Gasteiger charge is -2.16. The van der Waals surface area contributed by atoms with Gasteiger partial charge in [0.05, 0.1) is 65.6 Å². The monoisotopic (exact) mass is 291 g/mol. The Kier molecular flexibility index (Phi) is 15.6. The fourth-order valence-electron chi connectivity index (χ4n) is 1.43. The van der Waals surface area contributed by atoms with Crippen molar-refractivity contribution < 1.29 is 28.5 Å². The van der Waals surface area contributed by atoms with Gasteiger partial charge >= 0.3 is 0 Å². The minimum absolute atomic E-state index is 0.153. The van der Waals surface area contributed by atoms with Crippen molar-refractivity contribution in [3.05, 3.63) is 0 Å². The average Bonchev–Trinajstić information content (AvgIpc) is 2.46. The molecule has 0 spiro atoms. The van der Waals surface area contributed by atoms with Gasteiger partial charge in [-0.25, -0.2) is 10.2 Å². The topological polar surface area (TPSA) is 87.1 Å². The molecule has 1 aliphatic heterocycles. The number of rotatable bonds is 1. The molecule has 1 unspecified atom stereocenters. The Morgan fingerprint density at radius 2 is 1.30 bits per heavy atom. The van der Waals surface area contributed by atoms with Crippen molar-refractivity contribution in [1.29, 1.82) is 5.41 Å². The first-order chi connectivity index (χ1) is 9.85. The van der Waals surface area contributed by atoms with Crippen LogP contribution in [0.3, 0.4) is 0 Å². The Bertz CT molecular complexity index is 217. The zero-order valence-corrected chi connectivity index (χ0v) is 12.1. The second-order valence-electron chi connectivity index (χ2n) is 3.92. The maximum absolute atomic E-state index is 8.35. The van der Waals surface area contributed by atoms with Crippen LogP contribution in [0.2, 0.25) is 0 Å². The van der Waals surface area contributed by atoms with Crippen LogP contribution < -0.4 is 0 Å². The zero-order valence-electron chi connectivity index (χ0n) is 12.1. The van der Waals surface area contributed by atoms with Crippen molar-refractivity contribution in [2.24, 2.45) is 0 Å². The maximum atomic E-state index is 8.35. The van der Waals surface area contributed by atoms with Crippen LogP contribution in [-0.2, 0) is 28.5 Å². The Morgan fingerprint density at radius 1 is 0.900 bits per heavy atom. The number of hydrogen-bond donors (Lipinski definition) is 1. The van der Waals surface area contributed by atoms with Gasteiger partial charge in [-0.05, 0) is 6.42 Å². The van der Waals surface area contributed by atoms with Crippen molar-refractivity contribution in [1.82, 2.24) is 0 Å². The summed E-state index contributed by atoms with van der Waals surface area (Å²) < 4.78 is 27.2. The van der Waals surface area contributed by atoms with E-state index in [4.69, 9.17) is 33.9 Å². The van der Waals surface area contributed by atoms with Crippen LogP contribution in [0.15, 0.2) is 0 Å². The molecule has 7 nitrogen and oxygen atoms in total. The van der Waals surface area contributed by atoms with E-state index in [0.29, 0.717) is 59.5 Å². The van der Waals surface area contributed by atoms with Gasteiger partial charge in [-0.3, -0.25) is 0 Å². The lowest BCUT2D eigenvalue weighted by Crippen LogP contribution is -2.22. The molecule has 1 heterocycles. The highest BCUT2D eigenvalue weighted by molar-refractivity contribution is 5.26. The molecular weight excluding hydrogens is 266 g/mol. The molecule has 1 atom stereocenters. The van der Waals surface area contributed by atoms with Gasteiger partial charge in [0.2, 0.25) is 6.08 Å². The molecule has 0 aromatic carbocycles.